The van der Waals surface area contributed by atoms with E-state index in [-0.39, 0.29) is 0 Å². The Hall–Kier alpha value is -0.910. The Morgan fingerprint density at radius 3 is 2.75 bits per heavy atom. The van der Waals surface area contributed by atoms with Gasteiger partial charge < -0.3 is 14.7 Å². The minimum Gasteiger partial charge on any atom is -0.478 e. The molecule has 2 rings (SSSR count). The zero-order valence-electron chi connectivity index (χ0n) is 11.6. The topological polar surface area (TPSA) is 49.8 Å². The minimum absolute atomic E-state index is 0.313. The Balaban J connectivity index is 1.93. The first-order chi connectivity index (χ1) is 9.56. The maximum absolute atomic E-state index is 10.9. The van der Waals surface area contributed by atoms with E-state index in [4.69, 9.17) is 9.84 Å². The summed E-state index contributed by atoms with van der Waals surface area (Å²) in [5.41, 5.74) is 1.43. The van der Waals surface area contributed by atoms with Gasteiger partial charge in [-0.25, -0.2) is 4.79 Å². The van der Waals surface area contributed by atoms with Crippen molar-refractivity contribution in [3.05, 3.63) is 33.8 Å². The number of benzene rings is 1. The smallest absolute Gasteiger partial charge is 0.335 e. The van der Waals surface area contributed by atoms with E-state index in [0.717, 1.165) is 49.2 Å². The minimum atomic E-state index is -0.896. The van der Waals surface area contributed by atoms with Crippen molar-refractivity contribution in [1.29, 1.82) is 0 Å². The quantitative estimate of drug-likeness (QED) is 0.894. The van der Waals surface area contributed by atoms with E-state index < -0.39 is 5.97 Å². The Kier molecular flexibility index (Phi) is 5.57. The van der Waals surface area contributed by atoms with Crippen molar-refractivity contribution in [3.63, 3.8) is 0 Å². The number of carboxylic acid groups (broad SMARTS) is 1. The molecular weight excluding hydrogens is 322 g/mol. The fraction of sp³-hybridized carbons (Fsp3) is 0.533. The molecule has 4 nitrogen and oxygen atoms in total. The second kappa shape index (κ2) is 7.20. The molecule has 0 bridgehead atoms. The lowest BCUT2D eigenvalue weighted by Crippen LogP contribution is -2.29. The van der Waals surface area contributed by atoms with Gasteiger partial charge in [0.15, 0.2) is 0 Å². The zero-order chi connectivity index (χ0) is 14.5. The van der Waals surface area contributed by atoms with Gasteiger partial charge in [-0.1, -0.05) is 22.0 Å². The van der Waals surface area contributed by atoms with Crippen LogP contribution in [-0.2, 0) is 11.3 Å². The van der Waals surface area contributed by atoms with E-state index in [1.165, 1.54) is 0 Å². The fourth-order valence-corrected chi connectivity index (χ4v) is 3.04. The van der Waals surface area contributed by atoms with Gasteiger partial charge in [0, 0.05) is 30.8 Å². The summed E-state index contributed by atoms with van der Waals surface area (Å²) in [6, 6.07) is 5.21. The van der Waals surface area contributed by atoms with Gasteiger partial charge in [-0.15, -0.1) is 0 Å². The number of ether oxygens (including phenoxy) is 1. The normalized spacial score (nSPS) is 16.6. The Labute approximate surface area is 127 Å². The summed E-state index contributed by atoms with van der Waals surface area (Å²) in [6.07, 6.45) is 2.26. The third-order valence-electron chi connectivity index (χ3n) is 3.65. The molecule has 110 valence electrons. The van der Waals surface area contributed by atoms with Crippen LogP contribution in [0.3, 0.4) is 0 Å². The molecule has 1 aromatic carbocycles. The van der Waals surface area contributed by atoms with E-state index in [9.17, 15) is 4.79 Å². The molecule has 1 N–H and O–H groups in total. The molecule has 0 aliphatic carbocycles. The molecule has 0 spiro atoms. The molecule has 1 aliphatic rings. The molecule has 0 radical (unpaired) electrons. The van der Waals surface area contributed by atoms with Gasteiger partial charge >= 0.3 is 5.97 Å². The molecule has 0 unspecified atom stereocenters. The first-order valence-electron chi connectivity index (χ1n) is 6.84. The number of hydrogen-bond acceptors (Lipinski definition) is 3. The van der Waals surface area contributed by atoms with Crippen molar-refractivity contribution in [2.75, 3.05) is 26.8 Å². The van der Waals surface area contributed by atoms with Crippen LogP contribution >= 0.6 is 15.9 Å². The lowest BCUT2D eigenvalue weighted by Gasteiger charge is -2.27. The zero-order valence-corrected chi connectivity index (χ0v) is 13.2. The maximum Gasteiger partial charge on any atom is 0.335 e. The van der Waals surface area contributed by atoms with Crippen LogP contribution in [0.25, 0.3) is 0 Å². The lowest BCUT2D eigenvalue weighted by molar-refractivity contribution is 0.0549. The van der Waals surface area contributed by atoms with Crippen molar-refractivity contribution >= 4 is 21.9 Å². The number of nitrogens with zero attached hydrogens (tertiary/aromatic N) is 1. The molecule has 5 heteroatoms. The highest BCUT2D eigenvalue weighted by Gasteiger charge is 2.16. The molecule has 0 aromatic heterocycles. The predicted molar refractivity (Wildman–Crippen MR) is 81.0 cm³/mol. The number of hydrogen-bond donors (Lipinski definition) is 1. The van der Waals surface area contributed by atoms with E-state index in [1.807, 2.05) is 6.07 Å². The van der Waals surface area contributed by atoms with E-state index in [2.05, 4.69) is 27.9 Å². The molecule has 1 fully saturated rings. The van der Waals surface area contributed by atoms with Gasteiger partial charge in [-0.2, -0.15) is 0 Å². The SMILES string of the molecule is CN(Cc1ccc(C(=O)O)cc1Br)CC1CCOCC1. The first kappa shape index (κ1) is 15.5. The molecule has 20 heavy (non-hydrogen) atoms. The Morgan fingerprint density at radius 1 is 1.45 bits per heavy atom. The molecular formula is C15H20BrNO3. The van der Waals surface area contributed by atoms with Crippen LogP contribution in [0, 0.1) is 5.92 Å². The summed E-state index contributed by atoms with van der Waals surface area (Å²) in [7, 11) is 2.10. The average molecular weight is 342 g/mol. The lowest BCUT2D eigenvalue weighted by atomic mass is 9.99. The first-order valence-corrected chi connectivity index (χ1v) is 7.63. The van der Waals surface area contributed by atoms with Gasteiger partial charge in [0.25, 0.3) is 0 Å². The number of rotatable bonds is 5. The molecule has 1 aromatic rings. The van der Waals surface area contributed by atoms with Crippen LogP contribution in [0.4, 0.5) is 0 Å². The molecule has 1 saturated heterocycles. The van der Waals surface area contributed by atoms with Gasteiger partial charge in [0.1, 0.15) is 0 Å². The summed E-state index contributed by atoms with van der Waals surface area (Å²) in [4.78, 5) is 13.2. The number of carbonyl (C=O) groups is 1. The van der Waals surface area contributed by atoms with E-state index in [0.29, 0.717) is 11.5 Å². The van der Waals surface area contributed by atoms with E-state index in [1.54, 1.807) is 12.1 Å². The van der Waals surface area contributed by atoms with Crippen molar-refractivity contribution in [2.24, 2.45) is 5.92 Å². The van der Waals surface area contributed by atoms with Crippen molar-refractivity contribution in [3.8, 4) is 0 Å². The highest BCUT2D eigenvalue weighted by atomic mass is 79.9. The van der Waals surface area contributed by atoms with Crippen molar-refractivity contribution in [1.82, 2.24) is 4.90 Å². The Bertz CT molecular complexity index is 472. The van der Waals surface area contributed by atoms with Gasteiger partial charge in [-0.05, 0) is 43.5 Å². The second-order valence-corrected chi connectivity index (χ2v) is 6.22. The summed E-state index contributed by atoms with van der Waals surface area (Å²) in [5.74, 6) is -0.196. The highest BCUT2D eigenvalue weighted by Crippen LogP contribution is 2.22. The van der Waals surface area contributed by atoms with Gasteiger partial charge in [0.05, 0.1) is 5.56 Å². The van der Waals surface area contributed by atoms with Gasteiger partial charge in [0.2, 0.25) is 0 Å². The summed E-state index contributed by atoms with van der Waals surface area (Å²) < 4.78 is 6.23. The largest absolute Gasteiger partial charge is 0.478 e. The fourth-order valence-electron chi connectivity index (χ4n) is 2.53. The van der Waals surface area contributed by atoms with Crippen LogP contribution < -0.4 is 0 Å². The number of halogens is 1. The molecule has 1 aliphatic heterocycles. The summed E-state index contributed by atoms with van der Waals surface area (Å²) in [5, 5.41) is 8.96. The maximum atomic E-state index is 10.9. The van der Waals surface area contributed by atoms with Crippen LogP contribution in [-0.4, -0.2) is 42.8 Å². The average Bonchev–Trinajstić information content (AvgIpc) is 2.42. The monoisotopic (exact) mass is 341 g/mol. The number of aromatic carboxylic acids is 1. The molecule has 0 atom stereocenters. The van der Waals surface area contributed by atoms with Crippen LogP contribution in [0.5, 0.6) is 0 Å². The van der Waals surface area contributed by atoms with Crippen molar-refractivity contribution < 1.29 is 14.6 Å². The molecule has 1 heterocycles. The van der Waals surface area contributed by atoms with Gasteiger partial charge in [-0.3, -0.25) is 0 Å². The van der Waals surface area contributed by atoms with Crippen molar-refractivity contribution in [2.45, 2.75) is 19.4 Å². The highest BCUT2D eigenvalue weighted by molar-refractivity contribution is 9.10. The summed E-state index contributed by atoms with van der Waals surface area (Å²) in [6.45, 7) is 3.61. The third-order valence-corrected chi connectivity index (χ3v) is 4.39. The van der Waals surface area contributed by atoms with E-state index >= 15 is 0 Å². The van der Waals surface area contributed by atoms with Crippen LogP contribution in [0.2, 0.25) is 0 Å². The molecule has 0 amide bonds. The summed E-state index contributed by atoms with van der Waals surface area (Å²) >= 11 is 3.46. The molecule has 0 saturated carbocycles. The van der Waals surface area contributed by atoms with Crippen LogP contribution in [0.1, 0.15) is 28.8 Å². The van der Waals surface area contributed by atoms with Crippen LogP contribution in [0.15, 0.2) is 22.7 Å². The number of carboxylic acids is 1. The second-order valence-electron chi connectivity index (χ2n) is 5.36. The standard InChI is InChI=1S/C15H20BrNO3/c1-17(9-11-4-6-20-7-5-11)10-13-3-2-12(15(18)19)8-14(13)16/h2-3,8,11H,4-7,9-10H2,1H3,(H,18,19). The predicted octanol–water partition coefficient (Wildman–Crippen LogP) is 3.01. The third kappa shape index (κ3) is 4.30. The Morgan fingerprint density at radius 2 is 2.15 bits per heavy atom.